The molecule has 1 saturated carbocycles. The maximum atomic E-state index is 9.37. The van der Waals surface area contributed by atoms with Crippen molar-refractivity contribution in [2.75, 3.05) is 26.2 Å². The zero-order chi connectivity index (χ0) is 14.1. The van der Waals surface area contributed by atoms with Crippen LogP contribution in [0.15, 0.2) is 0 Å². The molecule has 0 aromatic heterocycles. The summed E-state index contributed by atoms with van der Waals surface area (Å²) in [5, 5.41) is 12.7. The van der Waals surface area contributed by atoms with Crippen molar-refractivity contribution in [3.8, 4) is 0 Å². The van der Waals surface area contributed by atoms with Crippen molar-refractivity contribution in [1.29, 1.82) is 0 Å². The van der Waals surface area contributed by atoms with Crippen molar-refractivity contribution in [3.05, 3.63) is 0 Å². The smallest absolute Gasteiger partial charge is 0.0585 e. The first kappa shape index (κ1) is 16.9. The Balaban J connectivity index is 2.38. The van der Waals surface area contributed by atoms with E-state index in [2.05, 4.69) is 31.0 Å². The number of rotatable bonds is 10. The lowest BCUT2D eigenvalue weighted by Gasteiger charge is -2.31. The fraction of sp³-hybridized carbons (Fsp3) is 1.00. The van der Waals surface area contributed by atoms with Gasteiger partial charge in [0.25, 0.3) is 0 Å². The summed E-state index contributed by atoms with van der Waals surface area (Å²) in [7, 11) is 0. The summed E-state index contributed by atoms with van der Waals surface area (Å²) in [6.07, 6.45) is 7.92. The van der Waals surface area contributed by atoms with E-state index in [1.165, 1.54) is 38.6 Å². The number of nitrogens with zero attached hydrogens (tertiary/aromatic N) is 1. The number of aliphatic hydroxyl groups is 1. The topological polar surface area (TPSA) is 35.5 Å². The lowest BCUT2D eigenvalue weighted by atomic mass is 10.1. The van der Waals surface area contributed by atoms with Crippen molar-refractivity contribution in [3.63, 3.8) is 0 Å². The lowest BCUT2D eigenvalue weighted by molar-refractivity contribution is 0.163. The average molecular weight is 270 g/mol. The molecule has 1 fully saturated rings. The fourth-order valence-electron chi connectivity index (χ4n) is 3.04. The molecular formula is C16H34N2O. The van der Waals surface area contributed by atoms with Gasteiger partial charge >= 0.3 is 0 Å². The van der Waals surface area contributed by atoms with Crippen LogP contribution in [-0.4, -0.2) is 48.3 Å². The molecule has 0 spiro atoms. The summed E-state index contributed by atoms with van der Waals surface area (Å²) < 4.78 is 0. The van der Waals surface area contributed by atoms with Crippen LogP contribution in [0.5, 0.6) is 0 Å². The van der Waals surface area contributed by atoms with Gasteiger partial charge in [0.05, 0.1) is 6.61 Å². The van der Waals surface area contributed by atoms with Gasteiger partial charge in [0, 0.05) is 12.1 Å². The molecule has 1 rings (SSSR count). The minimum Gasteiger partial charge on any atom is -0.395 e. The van der Waals surface area contributed by atoms with Crippen LogP contribution in [0, 0.1) is 5.92 Å². The summed E-state index contributed by atoms with van der Waals surface area (Å²) in [6, 6.07) is 1.08. The molecule has 1 atom stereocenters. The van der Waals surface area contributed by atoms with Crippen LogP contribution in [0.1, 0.15) is 59.3 Å². The average Bonchev–Trinajstić information content (AvgIpc) is 2.90. The van der Waals surface area contributed by atoms with Gasteiger partial charge in [0.15, 0.2) is 0 Å². The zero-order valence-electron chi connectivity index (χ0n) is 13.2. The Kier molecular flexibility index (Phi) is 8.67. The first-order valence-electron chi connectivity index (χ1n) is 8.25. The second-order valence-corrected chi connectivity index (χ2v) is 6.38. The summed E-state index contributed by atoms with van der Waals surface area (Å²) in [5.74, 6) is 0.784. The standard InChI is InChI=1S/C16H34N2O/c1-4-17-15(13-19)10-12-18(11-9-14(2)3)16-7-5-6-8-16/h14-17,19H,4-13H2,1-3H3. The van der Waals surface area contributed by atoms with Gasteiger partial charge in [-0.2, -0.15) is 0 Å². The van der Waals surface area contributed by atoms with Crippen LogP contribution in [-0.2, 0) is 0 Å². The Morgan fingerprint density at radius 2 is 1.79 bits per heavy atom. The Bertz CT molecular complexity index is 215. The highest BCUT2D eigenvalue weighted by Crippen LogP contribution is 2.24. The van der Waals surface area contributed by atoms with E-state index in [4.69, 9.17) is 0 Å². The molecule has 0 heterocycles. The molecular weight excluding hydrogens is 236 g/mol. The molecule has 0 radical (unpaired) electrons. The summed E-state index contributed by atoms with van der Waals surface area (Å²) in [5.41, 5.74) is 0. The molecule has 1 unspecified atom stereocenters. The third-order valence-electron chi connectivity index (χ3n) is 4.31. The largest absolute Gasteiger partial charge is 0.395 e. The molecule has 0 amide bonds. The van der Waals surface area contributed by atoms with Crippen LogP contribution in [0.3, 0.4) is 0 Å². The predicted molar refractivity (Wildman–Crippen MR) is 82.5 cm³/mol. The minimum absolute atomic E-state index is 0.260. The van der Waals surface area contributed by atoms with Crippen molar-refractivity contribution >= 4 is 0 Å². The van der Waals surface area contributed by atoms with E-state index in [0.29, 0.717) is 0 Å². The molecule has 3 nitrogen and oxygen atoms in total. The van der Waals surface area contributed by atoms with Gasteiger partial charge in [0.1, 0.15) is 0 Å². The van der Waals surface area contributed by atoms with E-state index in [0.717, 1.165) is 31.5 Å². The second-order valence-electron chi connectivity index (χ2n) is 6.38. The van der Waals surface area contributed by atoms with E-state index >= 15 is 0 Å². The normalized spacial score (nSPS) is 18.6. The maximum Gasteiger partial charge on any atom is 0.0585 e. The van der Waals surface area contributed by atoms with E-state index < -0.39 is 0 Å². The third kappa shape index (κ3) is 6.73. The molecule has 0 aromatic rings. The second kappa shape index (κ2) is 9.73. The van der Waals surface area contributed by atoms with Crippen molar-refractivity contribution < 1.29 is 5.11 Å². The van der Waals surface area contributed by atoms with Gasteiger partial charge in [-0.15, -0.1) is 0 Å². The van der Waals surface area contributed by atoms with Crippen molar-refractivity contribution in [2.45, 2.75) is 71.4 Å². The van der Waals surface area contributed by atoms with Crippen LogP contribution in [0.2, 0.25) is 0 Å². The van der Waals surface area contributed by atoms with Gasteiger partial charge in [-0.1, -0.05) is 33.6 Å². The van der Waals surface area contributed by atoms with Gasteiger partial charge in [-0.3, -0.25) is 0 Å². The van der Waals surface area contributed by atoms with Crippen LogP contribution in [0.25, 0.3) is 0 Å². The first-order chi connectivity index (χ1) is 9.17. The van der Waals surface area contributed by atoms with Crippen molar-refractivity contribution in [1.82, 2.24) is 10.2 Å². The Hall–Kier alpha value is -0.120. The molecule has 0 aromatic carbocycles. The molecule has 19 heavy (non-hydrogen) atoms. The van der Waals surface area contributed by atoms with E-state index in [1.54, 1.807) is 0 Å². The lowest BCUT2D eigenvalue weighted by Crippen LogP contribution is -2.40. The van der Waals surface area contributed by atoms with Crippen molar-refractivity contribution in [2.24, 2.45) is 5.92 Å². The third-order valence-corrected chi connectivity index (χ3v) is 4.31. The van der Waals surface area contributed by atoms with Crippen LogP contribution >= 0.6 is 0 Å². The molecule has 114 valence electrons. The van der Waals surface area contributed by atoms with E-state index in [9.17, 15) is 5.11 Å². The highest BCUT2D eigenvalue weighted by atomic mass is 16.3. The molecule has 0 aliphatic heterocycles. The number of aliphatic hydroxyl groups excluding tert-OH is 1. The molecule has 0 bridgehead atoms. The molecule has 3 heteroatoms. The zero-order valence-corrected chi connectivity index (χ0v) is 13.2. The highest BCUT2D eigenvalue weighted by Gasteiger charge is 2.22. The van der Waals surface area contributed by atoms with Gasteiger partial charge < -0.3 is 15.3 Å². The van der Waals surface area contributed by atoms with Gasteiger partial charge in [-0.05, 0) is 51.2 Å². The highest BCUT2D eigenvalue weighted by molar-refractivity contribution is 4.79. The van der Waals surface area contributed by atoms with Gasteiger partial charge in [-0.25, -0.2) is 0 Å². The molecule has 1 aliphatic rings. The Morgan fingerprint density at radius 1 is 1.16 bits per heavy atom. The number of likely N-dealkylation sites (N-methyl/N-ethyl adjacent to an activating group) is 1. The predicted octanol–water partition coefficient (Wildman–Crippen LogP) is 2.64. The quantitative estimate of drug-likeness (QED) is 0.640. The summed E-state index contributed by atoms with van der Waals surface area (Å²) in [6.45, 7) is 10.3. The molecule has 2 N–H and O–H groups in total. The van der Waals surface area contributed by atoms with E-state index in [1.807, 2.05) is 0 Å². The maximum absolute atomic E-state index is 9.37. The minimum atomic E-state index is 0.260. The first-order valence-corrected chi connectivity index (χ1v) is 8.25. The Labute approximate surface area is 119 Å². The fourth-order valence-corrected chi connectivity index (χ4v) is 3.04. The summed E-state index contributed by atoms with van der Waals surface area (Å²) in [4.78, 5) is 2.69. The Morgan fingerprint density at radius 3 is 2.32 bits per heavy atom. The molecule has 1 aliphatic carbocycles. The monoisotopic (exact) mass is 270 g/mol. The van der Waals surface area contributed by atoms with Crippen LogP contribution < -0.4 is 5.32 Å². The van der Waals surface area contributed by atoms with E-state index in [-0.39, 0.29) is 12.6 Å². The SMILES string of the molecule is CCNC(CO)CCN(CCC(C)C)C1CCCC1. The summed E-state index contributed by atoms with van der Waals surface area (Å²) >= 11 is 0. The van der Waals surface area contributed by atoms with Crippen LogP contribution in [0.4, 0.5) is 0 Å². The number of hydrogen-bond acceptors (Lipinski definition) is 3. The molecule has 0 saturated heterocycles. The van der Waals surface area contributed by atoms with Gasteiger partial charge in [0.2, 0.25) is 0 Å². The number of hydrogen-bond donors (Lipinski definition) is 2. The number of nitrogens with one attached hydrogen (secondary N) is 1.